The summed E-state index contributed by atoms with van der Waals surface area (Å²) in [6, 6.07) is 17.2. The second-order valence-electron chi connectivity index (χ2n) is 5.79. The minimum absolute atomic E-state index is 0.245. The number of carbonyl (C=O) groups excluding carboxylic acids is 2. The molecule has 1 aliphatic carbocycles. The molecule has 23 heavy (non-hydrogen) atoms. The van der Waals surface area contributed by atoms with Gasteiger partial charge in [0.2, 0.25) is 0 Å². The van der Waals surface area contributed by atoms with Crippen molar-refractivity contribution in [2.24, 2.45) is 0 Å². The van der Waals surface area contributed by atoms with Gasteiger partial charge in [0.25, 0.3) is 0 Å². The Bertz CT molecular complexity index is 680. The van der Waals surface area contributed by atoms with Gasteiger partial charge in [-0.25, -0.2) is 4.79 Å². The number of hydrogen-bond acceptors (Lipinski definition) is 3. The predicted molar refractivity (Wildman–Crippen MR) is 88.3 cm³/mol. The van der Waals surface area contributed by atoms with Crippen LogP contribution in [0.25, 0.3) is 0 Å². The van der Waals surface area contributed by atoms with Crippen molar-refractivity contribution in [1.82, 2.24) is 0 Å². The third-order valence-corrected chi connectivity index (χ3v) is 4.09. The Morgan fingerprint density at radius 1 is 1.09 bits per heavy atom. The summed E-state index contributed by atoms with van der Waals surface area (Å²) in [6.07, 6.45) is 1.75. The molecule has 1 amide bonds. The van der Waals surface area contributed by atoms with Crippen molar-refractivity contribution in [2.75, 3.05) is 5.32 Å². The molecule has 1 atom stereocenters. The van der Waals surface area contributed by atoms with Crippen LogP contribution in [0, 0.1) is 0 Å². The van der Waals surface area contributed by atoms with Crippen LogP contribution < -0.4 is 5.32 Å². The molecule has 0 aliphatic heterocycles. The van der Waals surface area contributed by atoms with E-state index in [1.807, 2.05) is 54.6 Å². The summed E-state index contributed by atoms with van der Waals surface area (Å²) in [5.74, 6) is 0.656. The highest BCUT2D eigenvalue weighted by molar-refractivity contribution is 5.84. The molecule has 0 aromatic heterocycles. The van der Waals surface area contributed by atoms with Gasteiger partial charge < -0.3 is 4.74 Å². The molecule has 1 saturated carbocycles. The fourth-order valence-electron chi connectivity index (χ4n) is 2.81. The van der Waals surface area contributed by atoms with Gasteiger partial charge in [0.1, 0.15) is 12.4 Å². The van der Waals surface area contributed by atoms with Gasteiger partial charge in [-0.2, -0.15) is 0 Å². The second-order valence-corrected chi connectivity index (χ2v) is 5.79. The van der Waals surface area contributed by atoms with Crippen LogP contribution in [0.5, 0.6) is 0 Å². The van der Waals surface area contributed by atoms with Crippen LogP contribution in [0.3, 0.4) is 0 Å². The van der Waals surface area contributed by atoms with Crippen molar-refractivity contribution < 1.29 is 14.3 Å². The average Bonchev–Trinajstić information content (AvgIpc) is 3.01. The van der Waals surface area contributed by atoms with Crippen molar-refractivity contribution in [2.45, 2.75) is 31.8 Å². The molecule has 4 nitrogen and oxygen atoms in total. The number of rotatable bonds is 4. The molecule has 0 saturated heterocycles. The van der Waals surface area contributed by atoms with Gasteiger partial charge in [-0.1, -0.05) is 42.5 Å². The summed E-state index contributed by atoms with van der Waals surface area (Å²) < 4.78 is 5.18. The first-order valence-corrected chi connectivity index (χ1v) is 7.80. The topological polar surface area (TPSA) is 55.4 Å². The van der Waals surface area contributed by atoms with Crippen LogP contribution in [0.1, 0.15) is 36.3 Å². The lowest BCUT2D eigenvalue weighted by molar-refractivity contribution is -0.117. The van der Waals surface area contributed by atoms with E-state index < -0.39 is 6.09 Å². The zero-order chi connectivity index (χ0) is 16.1. The van der Waals surface area contributed by atoms with E-state index in [0.29, 0.717) is 30.2 Å². The third-order valence-electron chi connectivity index (χ3n) is 4.09. The molecule has 3 rings (SSSR count). The molecule has 0 radical (unpaired) electrons. The molecule has 1 fully saturated rings. The minimum Gasteiger partial charge on any atom is -0.444 e. The van der Waals surface area contributed by atoms with E-state index in [9.17, 15) is 9.59 Å². The minimum atomic E-state index is -0.474. The Hall–Kier alpha value is -2.62. The SMILES string of the molecule is O=C1CCC(c2ccc(NC(=O)OCc3ccccc3)cc2)C1. The van der Waals surface area contributed by atoms with E-state index >= 15 is 0 Å². The molecule has 0 spiro atoms. The third kappa shape index (κ3) is 4.19. The van der Waals surface area contributed by atoms with Gasteiger partial charge in [-0.05, 0) is 35.6 Å². The summed E-state index contributed by atoms with van der Waals surface area (Å²) in [5, 5.41) is 2.71. The quantitative estimate of drug-likeness (QED) is 0.917. The highest BCUT2D eigenvalue weighted by Gasteiger charge is 2.23. The van der Waals surface area contributed by atoms with Crippen molar-refractivity contribution in [3.05, 3.63) is 65.7 Å². The number of carbonyl (C=O) groups is 2. The molecular weight excluding hydrogens is 290 g/mol. The second kappa shape index (κ2) is 7.09. The zero-order valence-corrected chi connectivity index (χ0v) is 12.8. The van der Waals surface area contributed by atoms with Crippen molar-refractivity contribution >= 4 is 17.6 Å². The van der Waals surface area contributed by atoms with E-state index in [-0.39, 0.29) is 6.61 Å². The van der Waals surface area contributed by atoms with Crippen LogP contribution in [0.2, 0.25) is 0 Å². The zero-order valence-electron chi connectivity index (χ0n) is 12.8. The van der Waals surface area contributed by atoms with Gasteiger partial charge in [-0.15, -0.1) is 0 Å². The molecule has 2 aromatic carbocycles. The fourth-order valence-corrected chi connectivity index (χ4v) is 2.81. The van der Waals surface area contributed by atoms with Gasteiger partial charge in [0.05, 0.1) is 0 Å². The van der Waals surface area contributed by atoms with E-state index in [0.717, 1.165) is 17.5 Å². The van der Waals surface area contributed by atoms with Crippen molar-refractivity contribution in [1.29, 1.82) is 0 Å². The highest BCUT2D eigenvalue weighted by Crippen LogP contribution is 2.32. The standard InChI is InChI=1S/C19H19NO3/c21-18-11-8-16(12-18)15-6-9-17(10-7-15)20-19(22)23-13-14-4-2-1-3-5-14/h1-7,9-10,16H,8,11-13H2,(H,20,22). The van der Waals surface area contributed by atoms with Gasteiger partial charge in [0, 0.05) is 18.5 Å². The van der Waals surface area contributed by atoms with Crippen LogP contribution in [0.15, 0.2) is 54.6 Å². The van der Waals surface area contributed by atoms with Crippen LogP contribution in [0.4, 0.5) is 10.5 Å². The Morgan fingerprint density at radius 3 is 2.48 bits per heavy atom. The number of ketones is 1. The number of hydrogen-bond donors (Lipinski definition) is 1. The maximum atomic E-state index is 11.8. The molecule has 118 valence electrons. The molecule has 1 N–H and O–H groups in total. The summed E-state index contributed by atoms with van der Waals surface area (Å²) in [7, 11) is 0. The predicted octanol–water partition coefficient (Wildman–Crippen LogP) is 4.27. The van der Waals surface area contributed by atoms with E-state index in [2.05, 4.69) is 5.32 Å². The molecule has 0 bridgehead atoms. The first-order valence-electron chi connectivity index (χ1n) is 7.80. The van der Waals surface area contributed by atoms with E-state index in [1.54, 1.807) is 0 Å². The molecule has 1 aliphatic rings. The lowest BCUT2D eigenvalue weighted by atomic mass is 9.97. The van der Waals surface area contributed by atoms with E-state index in [1.165, 1.54) is 0 Å². The van der Waals surface area contributed by atoms with Gasteiger partial charge >= 0.3 is 6.09 Å². The largest absolute Gasteiger partial charge is 0.444 e. The lowest BCUT2D eigenvalue weighted by Gasteiger charge is -2.10. The number of Topliss-reactive ketones (excluding diaryl/α,β-unsaturated/α-hetero) is 1. The van der Waals surface area contributed by atoms with Crippen LogP contribution >= 0.6 is 0 Å². The summed E-state index contributed by atoms with van der Waals surface area (Å²) >= 11 is 0. The maximum Gasteiger partial charge on any atom is 0.411 e. The van der Waals surface area contributed by atoms with Gasteiger partial charge in [-0.3, -0.25) is 10.1 Å². The Labute approximate surface area is 135 Å². The normalized spacial score (nSPS) is 17.0. The fraction of sp³-hybridized carbons (Fsp3) is 0.263. The Balaban J connectivity index is 1.51. The van der Waals surface area contributed by atoms with Crippen LogP contribution in [-0.2, 0) is 16.1 Å². The number of ether oxygens (including phenoxy) is 1. The average molecular weight is 309 g/mol. The molecule has 1 unspecified atom stereocenters. The summed E-state index contributed by atoms with van der Waals surface area (Å²) in [6.45, 7) is 0.245. The smallest absolute Gasteiger partial charge is 0.411 e. The van der Waals surface area contributed by atoms with Crippen LogP contribution in [-0.4, -0.2) is 11.9 Å². The molecular formula is C19H19NO3. The number of nitrogens with one attached hydrogen (secondary N) is 1. The van der Waals surface area contributed by atoms with Crippen molar-refractivity contribution in [3.63, 3.8) is 0 Å². The Kier molecular flexibility index (Phi) is 4.71. The summed E-state index contributed by atoms with van der Waals surface area (Å²) in [5.41, 5.74) is 2.79. The molecule has 4 heteroatoms. The first kappa shape index (κ1) is 15.3. The first-order chi connectivity index (χ1) is 11.2. The number of benzene rings is 2. The van der Waals surface area contributed by atoms with Crippen molar-refractivity contribution in [3.8, 4) is 0 Å². The van der Waals surface area contributed by atoms with Gasteiger partial charge in [0.15, 0.2) is 0 Å². The van der Waals surface area contributed by atoms with E-state index in [4.69, 9.17) is 4.74 Å². The molecule has 0 heterocycles. The number of anilines is 1. The summed E-state index contributed by atoms with van der Waals surface area (Å²) in [4.78, 5) is 23.1. The number of amides is 1. The lowest BCUT2D eigenvalue weighted by Crippen LogP contribution is -2.13. The highest BCUT2D eigenvalue weighted by atomic mass is 16.5. The molecule has 2 aromatic rings. The Morgan fingerprint density at radius 2 is 1.83 bits per heavy atom. The maximum absolute atomic E-state index is 11.8. The monoisotopic (exact) mass is 309 g/mol.